The number of rotatable bonds is 0. The fourth-order valence-corrected chi connectivity index (χ4v) is 2.46. The molecule has 1 aromatic heterocycles. The Bertz CT molecular complexity index is 746. The van der Waals surface area contributed by atoms with Crippen LogP contribution in [0.5, 0.6) is 0 Å². The minimum Gasteiger partial charge on any atom is -0.456 e. The van der Waals surface area contributed by atoms with Crippen molar-refractivity contribution >= 4 is 50.1 Å². The van der Waals surface area contributed by atoms with Crippen LogP contribution in [0.3, 0.4) is 0 Å². The molecule has 0 saturated heterocycles. The van der Waals surface area contributed by atoms with Crippen LogP contribution in [-0.4, -0.2) is 0 Å². The summed E-state index contributed by atoms with van der Waals surface area (Å²) in [4.78, 5) is 0. The molecule has 0 N–H and O–H groups in total. The third kappa shape index (κ3) is 1.47. The first-order chi connectivity index (χ1) is 7.75. The van der Waals surface area contributed by atoms with E-state index < -0.39 is 0 Å². The number of benzene rings is 2. The van der Waals surface area contributed by atoms with E-state index in [-0.39, 0.29) is 0 Å². The first kappa shape index (κ1) is 10.00. The van der Waals surface area contributed by atoms with Crippen LogP contribution in [0.2, 0.25) is 0 Å². The largest absolute Gasteiger partial charge is 0.456 e. The van der Waals surface area contributed by atoms with E-state index in [2.05, 4.69) is 15.9 Å². The summed E-state index contributed by atoms with van der Waals surface area (Å²) in [5.74, 6) is 0. The summed E-state index contributed by atoms with van der Waals surface area (Å²) in [5.41, 5.74) is 1.66. The average molecular weight is 291 g/mol. The summed E-state index contributed by atoms with van der Waals surface area (Å²) in [7, 11) is 0. The molecule has 3 aromatic rings. The van der Waals surface area contributed by atoms with Gasteiger partial charge in [-0.15, -0.1) is 0 Å². The number of fused-ring (bicyclic) bond motifs is 2. The van der Waals surface area contributed by atoms with Crippen LogP contribution < -0.4 is 0 Å². The minimum atomic E-state index is 0.826. The number of hydrogen-bond acceptors (Lipinski definition) is 2. The average Bonchev–Trinajstić information content (AvgIpc) is 2.31. The number of hydrogen-bond donors (Lipinski definition) is 0. The van der Waals surface area contributed by atoms with Crippen molar-refractivity contribution in [3.8, 4) is 0 Å². The van der Waals surface area contributed by atoms with Gasteiger partial charge in [-0.25, -0.2) is 0 Å². The van der Waals surface area contributed by atoms with Crippen LogP contribution in [0, 0.1) is 4.51 Å². The molecule has 0 aliphatic carbocycles. The standard InChI is InChI=1S/C13H7BrOS/c14-8-5-6-12-10(7-8)13(16)9-3-1-2-4-11(9)15-12/h1-7H. The highest BCUT2D eigenvalue weighted by atomic mass is 79.9. The molecule has 0 fully saturated rings. The Morgan fingerprint density at radius 2 is 1.69 bits per heavy atom. The van der Waals surface area contributed by atoms with E-state index in [0.29, 0.717) is 0 Å². The molecule has 0 unspecified atom stereocenters. The summed E-state index contributed by atoms with van der Waals surface area (Å²) >= 11 is 8.92. The van der Waals surface area contributed by atoms with Crippen LogP contribution >= 0.6 is 28.1 Å². The van der Waals surface area contributed by atoms with E-state index in [4.69, 9.17) is 16.6 Å². The molecule has 3 rings (SSSR count). The lowest BCUT2D eigenvalue weighted by Crippen LogP contribution is -1.78. The normalized spacial score (nSPS) is 11.1. The summed E-state index contributed by atoms with van der Waals surface area (Å²) in [6.45, 7) is 0. The van der Waals surface area contributed by atoms with Crippen molar-refractivity contribution in [3.05, 3.63) is 51.4 Å². The third-order valence-electron chi connectivity index (χ3n) is 2.54. The first-order valence-electron chi connectivity index (χ1n) is 4.87. The monoisotopic (exact) mass is 290 g/mol. The molecule has 0 saturated carbocycles. The van der Waals surface area contributed by atoms with Gasteiger partial charge in [0.2, 0.25) is 0 Å². The Labute approximate surface area is 106 Å². The van der Waals surface area contributed by atoms with Gasteiger partial charge in [-0.2, -0.15) is 0 Å². The summed E-state index contributed by atoms with van der Waals surface area (Å²) in [6.07, 6.45) is 0. The zero-order chi connectivity index (χ0) is 11.1. The van der Waals surface area contributed by atoms with Gasteiger partial charge in [0, 0.05) is 15.2 Å². The van der Waals surface area contributed by atoms with Crippen molar-refractivity contribution in [2.75, 3.05) is 0 Å². The van der Waals surface area contributed by atoms with Gasteiger partial charge in [-0.1, -0.05) is 40.3 Å². The highest BCUT2D eigenvalue weighted by Gasteiger charge is 2.04. The van der Waals surface area contributed by atoms with E-state index in [0.717, 1.165) is 30.9 Å². The maximum absolute atomic E-state index is 5.79. The molecule has 0 aliphatic rings. The molecule has 2 aromatic carbocycles. The SMILES string of the molecule is S=c1c2ccccc2oc2ccc(Br)cc12. The van der Waals surface area contributed by atoms with Crippen molar-refractivity contribution < 1.29 is 4.42 Å². The third-order valence-corrected chi connectivity index (χ3v) is 3.47. The molecule has 78 valence electrons. The van der Waals surface area contributed by atoms with Gasteiger partial charge < -0.3 is 4.42 Å². The Morgan fingerprint density at radius 1 is 0.938 bits per heavy atom. The van der Waals surface area contributed by atoms with Crippen LogP contribution in [-0.2, 0) is 0 Å². The van der Waals surface area contributed by atoms with E-state index in [9.17, 15) is 0 Å². The Morgan fingerprint density at radius 3 is 2.56 bits per heavy atom. The van der Waals surface area contributed by atoms with Crippen LogP contribution in [0.4, 0.5) is 0 Å². The lowest BCUT2D eigenvalue weighted by Gasteiger charge is -2.02. The highest BCUT2D eigenvalue weighted by molar-refractivity contribution is 9.10. The molecule has 3 heteroatoms. The Balaban J connectivity index is 2.61. The van der Waals surface area contributed by atoms with Crippen LogP contribution in [0.15, 0.2) is 51.4 Å². The molecule has 1 nitrogen and oxygen atoms in total. The molecule has 0 amide bonds. The second-order valence-electron chi connectivity index (χ2n) is 3.57. The van der Waals surface area contributed by atoms with E-state index in [1.54, 1.807) is 0 Å². The van der Waals surface area contributed by atoms with E-state index >= 15 is 0 Å². The van der Waals surface area contributed by atoms with E-state index in [1.165, 1.54) is 0 Å². The van der Waals surface area contributed by atoms with Crippen molar-refractivity contribution in [1.82, 2.24) is 0 Å². The fraction of sp³-hybridized carbons (Fsp3) is 0. The quantitative estimate of drug-likeness (QED) is 0.423. The molecule has 0 bridgehead atoms. The van der Waals surface area contributed by atoms with Crippen molar-refractivity contribution in [2.24, 2.45) is 0 Å². The predicted octanol–water partition coefficient (Wildman–Crippen LogP) is 5.08. The second kappa shape index (κ2) is 3.68. The highest BCUT2D eigenvalue weighted by Crippen LogP contribution is 2.27. The van der Waals surface area contributed by atoms with Gasteiger partial charge in [-0.3, -0.25) is 0 Å². The zero-order valence-corrected chi connectivity index (χ0v) is 10.6. The Kier molecular flexibility index (Phi) is 2.30. The molecular weight excluding hydrogens is 284 g/mol. The molecule has 16 heavy (non-hydrogen) atoms. The molecule has 0 radical (unpaired) electrons. The molecule has 1 heterocycles. The topological polar surface area (TPSA) is 13.1 Å². The van der Waals surface area contributed by atoms with E-state index in [1.807, 2.05) is 42.5 Å². The van der Waals surface area contributed by atoms with Gasteiger partial charge in [0.1, 0.15) is 11.2 Å². The molecule has 0 atom stereocenters. The number of halogens is 1. The predicted molar refractivity (Wildman–Crippen MR) is 72.3 cm³/mol. The van der Waals surface area contributed by atoms with Crippen molar-refractivity contribution in [3.63, 3.8) is 0 Å². The van der Waals surface area contributed by atoms with Gasteiger partial charge >= 0.3 is 0 Å². The summed E-state index contributed by atoms with van der Waals surface area (Å²) in [6, 6.07) is 13.7. The Hall–Kier alpha value is -1.19. The summed E-state index contributed by atoms with van der Waals surface area (Å²) < 4.78 is 7.65. The smallest absolute Gasteiger partial charge is 0.136 e. The first-order valence-corrected chi connectivity index (χ1v) is 6.07. The fourth-order valence-electron chi connectivity index (χ4n) is 1.78. The molecule has 0 aliphatic heterocycles. The number of para-hydroxylation sites is 1. The maximum atomic E-state index is 5.79. The molecule has 0 spiro atoms. The lowest BCUT2D eigenvalue weighted by atomic mass is 10.1. The van der Waals surface area contributed by atoms with Gasteiger partial charge in [0.25, 0.3) is 0 Å². The van der Waals surface area contributed by atoms with Crippen molar-refractivity contribution in [2.45, 2.75) is 0 Å². The molecular formula is C13H7BrOS. The maximum Gasteiger partial charge on any atom is 0.136 e. The van der Waals surface area contributed by atoms with Gasteiger partial charge in [0.05, 0.1) is 4.51 Å². The van der Waals surface area contributed by atoms with Crippen LogP contribution in [0.1, 0.15) is 0 Å². The second-order valence-corrected chi connectivity index (χ2v) is 4.89. The summed E-state index contributed by atoms with van der Waals surface area (Å²) in [5, 5.41) is 1.96. The van der Waals surface area contributed by atoms with Crippen LogP contribution in [0.25, 0.3) is 21.9 Å². The lowest BCUT2D eigenvalue weighted by molar-refractivity contribution is 0.660. The van der Waals surface area contributed by atoms with Gasteiger partial charge in [0.15, 0.2) is 0 Å². The zero-order valence-electron chi connectivity index (χ0n) is 8.24. The minimum absolute atomic E-state index is 0.826. The van der Waals surface area contributed by atoms with Gasteiger partial charge in [-0.05, 0) is 30.3 Å². The van der Waals surface area contributed by atoms with Crippen molar-refractivity contribution in [1.29, 1.82) is 0 Å².